The molecular weight excluding hydrogens is 260 g/mol. The van der Waals surface area contributed by atoms with Crippen molar-refractivity contribution in [1.82, 2.24) is 14.7 Å². The van der Waals surface area contributed by atoms with E-state index in [9.17, 15) is 9.59 Å². The van der Waals surface area contributed by atoms with E-state index < -0.39 is 0 Å². The minimum Gasteiger partial charge on any atom is -0.469 e. The van der Waals surface area contributed by atoms with E-state index in [2.05, 4.69) is 5.10 Å². The van der Waals surface area contributed by atoms with Gasteiger partial charge in [0.05, 0.1) is 24.4 Å². The minimum absolute atomic E-state index is 0.170. The molecule has 1 saturated heterocycles. The molecule has 1 unspecified atom stereocenters. The number of hydrogen-bond acceptors (Lipinski definition) is 5. The number of nitrogens with zero attached hydrogens (tertiary/aromatic N) is 3. The molecule has 2 N–H and O–H groups in total. The van der Waals surface area contributed by atoms with Crippen molar-refractivity contribution >= 4 is 17.6 Å². The Kier molecular flexibility index (Phi) is 3.96. The third-order valence-corrected chi connectivity index (χ3v) is 3.69. The predicted octanol–water partition coefficient (Wildman–Crippen LogP) is 0.429. The van der Waals surface area contributed by atoms with E-state index in [1.165, 1.54) is 7.11 Å². The summed E-state index contributed by atoms with van der Waals surface area (Å²) >= 11 is 0. The number of esters is 1. The van der Waals surface area contributed by atoms with Crippen LogP contribution in [0, 0.1) is 12.8 Å². The van der Waals surface area contributed by atoms with E-state index in [0.717, 1.165) is 0 Å². The molecule has 1 aromatic heterocycles. The lowest BCUT2D eigenvalue weighted by Crippen LogP contribution is -2.32. The first-order valence-corrected chi connectivity index (χ1v) is 6.69. The van der Waals surface area contributed by atoms with Crippen LogP contribution in [0.4, 0.5) is 5.69 Å². The number of aryl methyl sites for hydroxylation is 2. The highest BCUT2D eigenvalue weighted by Crippen LogP contribution is 2.23. The summed E-state index contributed by atoms with van der Waals surface area (Å²) in [7, 11) is 1.36. The van der Waals surface area contributed by atoms with Gasteiger partial charge in [-0.3, -0.25) is 14.3 Å². The van der Waals surface area contributed by atoms with E-state index in [0.29, 0.717) is 43.1 Å². The predicted molar refractivity (Wildman–Crippen MR) is 73.1 cm³/mol. The molecule has 1 aliphatic rings. The lowest BCUT2D eigenvalue weighted by molar-refractivity contribution is -0.144. The van der Waals surface area contributed by atoms with Crippen molar-refractivity contribution in [3.8, 4) is 0 Å². The van der Waals surface area contributed by atoms with Crippen molar-refractivity contribution < 1.29 is 14.3 Å². The zero-order valence-corrected chi connectivity index (χ0v) is 12.0. The SMILES string of the molecule is CCn1nc(C)c(N)c1C(=O)N1CCC(C(=O)OC)C1. The van der Waals surface area contributed by atoms with Gasteiger partial charge in [0.2, 0.25) is 0 Å². The molecule has 7 heteroatoms. The summed E-state index contributed by atoms with van der Waals surface area (Å²) < 4.78 is 6.33. The second kappa shape index (κ2) is 5.52. The standard InChI is InChI=1S/C13H20N4O3/c1-4-17-11(10(14)8(2)15-17)12(18)16-6-5-9(7-16)13(19)20-3/h9H,4-7,14H2,1-3H3. The van der Waals surface area contributed by atoms with Crippen LogP contribution in [0.1, 0.15) is 29.5 Å². The molecule has 0 saturated carbocycles. The van der Waals surface area contributed by atoms with Crippen molar-refractivity contribution in [2.24, 2.45) is 5.92 Å². The highest BCUT2D eigenvalue weighted by Gasteiger charge is 2.34. The average Bonchev–Trinajstić information content (AvgIpc) is 3.03. The molecule has 2 heterocycles. The fourth-order valence-corrected chi connectivity index (χ4v) is 2.50. The Labute approximate surface area is 117 Å². The fourth-order valence-electron chi connectivity index (χ4n) is 2.50. The number of methoxy groups -OCH3 is 1. The van der Waals surface area contributed by atoms with Crippen LogP contribution in [-0.4, -0.2) is 46.8 Å². The summed E-state index contributed by atoms with van der Waals surface area (Å²) in [4.78, 5) is 25.7. The summed E-state index contributed by atoms with van der Waals surface area (Å²) in [6, 6.07) is 0. The number of anilines is 1. The maximum atomic E-state index is 12.6. The highest BCUT2D eigenvalue weighted by atomic mass is 16.5. The molecule has 110 valence electrons. The first kappa shape index (κ1) is 14.4. The Balaban J connectivity index is 2.19. The van der Waals surface area contributed by atoms with Crippen LogP contribution >= 0.6 is 0 Å². The summed E-state index contributed by atoms with van der Waals surface area (Å²) in [5.41, 5.74) is 7.43. The van der Waals surface area contributed by atoms with Gasteiger partial charge in [0, 0.05) is 19.6 Å². The van der Waals surface area contributed by atoms with Crippen molar-refractivity contribution in [3.63, 3.8) is 0 Å². The number of aromatic nitrogens is 2. The summed E-state index contributed by atoms with van der Waals surface area (Å²) in [5.74, 6) is -0.686. The van der Waals surface area contributed by atoms with Gasteiger partial charge in [-0.15, -0.1) is 0 Å². The molecule has 1 atom stereocenters. The Morgan fingerprint density at radius 3 is 2.80 bits per heavy atom. The maximum absolute atomic E-state index is 12.6. The Bertz CT molecular complexity index is 538. The Morgan fingerprint density at radius 2 is 2.20 bits per heavy atom. The molecule has 1 amide bonds. The summed E-state index contributed by atoms with van der Waals surface area (Å²) in [5, 5.41) is 4.24. The molecule has 0 aromatic carbocycles. The molecule has 0 radical (unpaired) electrons. The number of amides is 1. The van der Waals surface area contributed by atoms with E-state index in [4.69, 9.17) is 10.5 Å². The number of hydrogen-bond donors (Lipinski definition) is 1. The van der Waals surface area contributed by atoms with E-state index >= 15 is 0 Å². The number of carbonyl (C=O) groups is 2. The number of rotatable bonds is 3. The van der Waals surface area contributed by atoms with Gasteiger partial charge in [-0.1, -0.05) is 0 Å². The van der Waals surface area contributed by atoms with Crippen molar-refractivity contribution in [2.45, 2.75) is 26.8 Å². The topological polar surface area (TPSA) is 90.5 Å². The van der Waals surface area contributed by atoms with Crippen LogP contribution in [0.2, 0.25) is 0 Å². The largest absolute Gasteiger partial charge is 0.469 e. The second-order valence-corrected chi connectivity index (χ2v) is 4.92. The summed E-state index contributed by atoms with van der Waals surface area (Å²) in [6.45, 7) is 5.17. The van der Waals surface area contributed by atoms with Gasteiger partial charge in [-0.2, -0.15) is 5.10 Å². The lowest BCUT2D eigenvalue weighted by Gasteiger charge is -2.17. The first-order chi connectivity index (χ1) is 9.49. The van der Waals surface area contributed by atoms with Crippen molar-refractivity contribution in [2.75, 3.05) is 25.9 Å². The van der Waals surface area contributed by atoms with E-state index in [1.54, 1.807) is 16.5 Å². The average molecular weight is 280 g/mol. The molecule has 0 aliphatic carbocycles. The van der Waals surface area contributed by atoms with E-state index in [-0.39, 0.29) is 17.8 Å². The number of ether oxygens (including phenoxy) is 1. The maximum Gasteiger partial charge on any atom is 0.310 e. The van der Waals surface area contributed by atoms with Gasteiger partial charge in [-0.05, 0) is 20.3 Å². The number of likely N-dealkylation sites (tertiary alicyclic amines) is 1. The van der Waals surface area contributed by atoms with Crippen LogP contribution < -0.4 is 5.73 Å². The third kappa shape index (κ3) is 2.35. The Hall–Kier alpha value is -2.05. The zero-order valence-electron chi connectivity index (χ0n) is 12.0. The quantitative estimate of drug-likeness (QED) is 0.811. The molecule has 7 nitrogen and oxygen atoms in total. The van der Waals surface area contributed by atoms with E-state index in [1.807, 2.05) is 6.92 Å². The molecule has 0 bridgehead atoms. The van der Waals surface area contributed by atoms with Gasteiger partial charge in [0.15, 0.2) is 0 Å². The fraction of sp³-hybridized carbons (Fsp3) is 0.615. The highest BCUT2D eigenvalue weighted by molar-refractivity contribution is 5.98. The van der Waals surface area contributed by atoms with Gasteiger partial charge in [-0.25, -0.2) is 0 Å². The molecule has 2 rings (SSSR count). The van der Waals surface area contributed by atoms with Gasteiger partial charge < -0.3 is 15.4 Å². The van der Waals surface area contributed by atoms with Crippen LogP contribution in [-0.2, 0) is 16.1 Å². The molecule has 20 heavy (non-hydrogen) atoms. The smallest absolute Gasteiger partial charge is 0.310 e. The molecule has 1 aliphatic heterocycles. The van der Waals surface area contributed by atoms with Crippen molar-refractivity contribution in [1.29, 1.82) is 0 Å². The normalized spacial score (nSPS) is 18.4. The van der Waals surface area contributed by atoms with Crippen LogP contribution in [0.15, 0.2) is 0 Å². The van der Waals surface area contributed by atoms with Crippen molar-refractivity contribution in [3.05, 3.63) is 11.4 Å². The molecule has 1 aromatic rings. The molecular formula is C13H20N4O3. The number of carbonyl (C=O) groups excluding carboxylic acids is 2. The minimum atomic E-state index is -0.270. The lowest BCUT2D eigenvalue weighted by atomic mass is 10.1. The van der Waals surface area contributed by atoms with Gasteiger partial charge in [0.25, 0.3) is 5.91 Å². The number of nitrogens with two attached hydrogens (primary N) is 1. The third-order valence-electron chi connectivity index (χ3n) is 3.69. The molecule has 0 spiro atoms. The Morgan fingerprint density at radius 1 is 1.50 bits per heavy atom. The molecule has 1 fully saturated rings. The van der Waals surface area contributed by atoms with Gasteiger partial charge in [0.1, 0.15) is 5.69 Å². The van der Waals surface area contributed by atoms with Gasteiger partial charge >= 0.3 is 5.97 Å². The monoisotopic (exact) mass is 280 g/mol. The second-order valence-electron chi connectivity index (χ2n) is 4.92. The summed E-state index contributed by atoms with van der Waals surface area (Å²) in [6.07, 6.45) is 0.623. The zero-order chi connectivity index (χ0) is 14.9. The first-order valence-electron chi connectivity index (χ1n) is 6.69. The van der Waals surface area contributed by atoms with Crippen LogP contribution in [0.3, 0.4) is 0 Å². The number of nitrogen functional groups attached to an aromatic ring is 1. The van der Waals surface area contributed by atoms with Crippen LogP contribution in [0.5, 0.6) is 0 Å². The van der Waals surface area contributed by atoms with Crippen LogP contribution in [0.25, 0.3) is 0 Å².